The summed E-state index contributed by atoms with van der Waals surface area (Å²) in [5.41, 5.74) is -1.52. The molecule has 0 fully saturated rings. The van der Waals surface area contributed by atoms with Crippen LogP contribution in [0.1, 0.15) is 47.1 Å². The molecule has 2 amide bonds. The van der Waals surface area contributed by atoms with E-state index >= 15 is 8.78 Å². The van der Waals surface area contributed by atoms with Gasteiger partial charge < -0.3 is 15.1 Å². The molecule has 3 aromatic rings. The van der Waals surface area contributed by atoms with Crippen LogP contribution in [0.5, 0.6) is 0 Å². The van der Waals surface area contributed by atoms with Crippen molar-refractivity contribution in [1.82, 2.24) is 0 Å². The zero-order chi connectivity index (χ0) is 30.4. The molecule has 40 heavy (non-hydrogen) atoms. The van der Waals surface area contributed by atoms with Gasteiger partial charge in [-0.15, -0.1) is 5.54 Å². The van der Waals surface area contributed by atoms with E-state index in [1.807, 2.05) is 19.6 Å². The van der Waals surface area contributed by atoms with Crippen LogP contribution in [0.4, 0.5) is 24.5 Å². The molecule has 2 aromatic carbocycles. The van der Waals surface area contributed by atoms with Gasteiger partial charge in [-0.25, -0.2) is 13.2 Å². The monoisotopic (exact) mass is 570 g/mol. The summed E-state index contributed by atoms with van der Waals surface area (Å²) in [6.45, 7) is 15.5. The highest BCUT2D eigenvalue weighted by Crippen LogP contribution is 2.35. The first-order valence-electron chi connectivity index (χ1n) is 12.7. The van der Waals surface area contributed by atoms with Crippen molar-refractivity contribution in [2.75, 3.05) is 10.6 Å². The molecule has 0 radical (unpaired) electrons. The highest BCUT2D eigenvalue weighted by molar-refractivity contribution is 6.83. The minimum atomic E-state index is -2.09. The molecule has 0 aliphatic carbocycles. The van der Waals surface area contributed by atoms with Gasteiger partial charge in [0.2, 0.25) is 11.8 Å². The number of rotatable bonds is 3. The summed E-state index contributed by atoms with van der Waals surface area (Å²) in [6.07, 6.45) is 0. The predicted molar refractivity (Wildman–Crippen MR) is 154 cm³/mol. The standard InChI is InChI=1S/C30H33F3N2O4Si/c1-29(2,3)27(37)34-19-11-10-16(14-18(19)31)21-15-20(36)22-25(35-28(38)30(4,5)6)23(32)17(12-13-40(7,8)9)24(33)26(22)39-21/h10-11,14-15H,1-9H3,(H,34,37)(H,35,38). The van der Waals surface area contributed by atoms with E-state index in [1.165, 1.54) is 12.1 Å². The Labute approximate surface area is 232 Å². The maximum atomic E-state index is 15.7. The number of carbonyl (C=O) groups is 2. The molecule has 1 heterocycles. The summed E-state index contributed by atoms with van der Waals surface area (Å²) in [5.74, 6) is -1.87. The van der Waals surface area contributed by atoms with E-state index in [0.29, 0.717) is 0 Å². The molecule has 0 spiro atoms. The number of hydrogen-bond acceptors (Lipinski definition) is 4. The lowest BCUT2D eigenvalue weighted by atomic mass is 9.95. The third kappa shape index (κ3) is 6.65. The molecule has 3 rings (SSSR count). The van der Waals surface area contributed by atoms with Crippen molar-refractivity contribution >= 4 is 42.2 Å². The van der Waals surface area contributed by atoms with Crippen molar-refractivity contribution in [2.45, 2.75) is 61.2 Å². The van der Waals surface area contributed by atoms with Gasteiger partial charge in [0.15, 0.2) is 22.6 Å². The van der Waals surface area contributed by atoms with Crippen molar-refractivity contribution in [3.8, 4) is 22.8 Å². The summed E-state index contributed by atoms with van der Waals surface area (Å²) >= 11 is 0. The first-order chi connectivity index (χ1) is 18.2. The van der Waals surface area contributed by atoms with E-state index < -0.39 is 75.8 Å². The average Bonchev–Trinajstić information content (AvgIpc) is 2.80. The summed E-state index contributed by atoms with van der Waals surface area (Å²) in [6, 6.07) is 4.67. The van der Waals surface area contributed by atoms with Crippen LogP contribution in [0, 0.1) is 39.7 Å². The van der Waals surface area contributed by atoms with Crippen molar-refractivity contribution in [1.29, 1.82) is 0 Å². The maximum absolute atomic E-state index is 15.7. The highest BCUT2D eigenvalue weighted by atomic mass is 28.3. The van der Waals surface area contributed by atoms with Gasteiger partial charge in [0.05, 0.1) is 16.8 Å². The molecular weight excluding hydrogens is 537 g/mol. The Morgan fingerprint density at radius 1 is 0.875 bits per heavy atom. The van der Waals surface area contributed by atoms with Crippen molar-refractivity contribution in [2.24, 2.45) is 10.8 Å². The Morgan fingerprint density at radius 3 is 1.98 bits per heavy atom. The molecule has 0 unspecified atom stereocenters. The lowest BCUT2D eigenvalue weighted by Crippen LogP contribution is -2.29. The Hall–Kier alpha value is -3.84. The Kier molecular flexibility index (Phi) is 8.15. The van der Waals surface area contributed by atoms with E-state index in [4.69, 9.17) is 4.42 Å². The Bertz CT molecular complexity index is 1650. The molecule has 6 nitrogen and oxygen atoms in total. The topological polar surface area (TPSA) is 88.4 Å². The lowest BCUT2D eigenvalue weighted by Gasteiger charge is -2.20. The summed E-state index contributed by atoms with van der Waals surface area (Å²) < 4.78 is 52.0. The van der Waals surface area contributed by atoms with Crippen LogP contribution in [0.15, 0.2) is 33.5 Å². The molecule has 10 heteroatoms. The molecule has 212 valence electrons. The first-order valence-corrected chi connectivity index (χ1v) is 16.2. The molecule has 0 bridgehead atoms. The van der Waals surface area contributed by atoms with E-state index in [9.17, 15) is 18.8 Å². The zero-order valence-electron chi connectivity index (χ0n) is 24.1. The number of anilines is 2. The van der Waals surface area contributed by atoms with Gasteiger partial charge in [-0.05, 0) is 18.2 Å². The molecular formula is C30H33F3N2O4Si. The fourth-order valence-electron chi connectivity index (χ4n) is 3.33. The molecule has 0 atom stereocenters. The van der Waals surface area contributed by atoms with Gasteiger partial charge in [0, 0.05) is 22.5 Å². The van der Waals surface area contributed by atoms with Crippen molar-refractivity contribution in [3.63, 3.8) is 0 Å². The van der Waals surface area contributed by atoms with Crippen LogP contribution in [-0.2, 0) is 9.59 Å². The zero-order valence-corrected chi connectivity index (χ0v) is 25.1. The van der Waals surface area contributed by atoms with E-state index in [1.54, 1.807) is 41.5 Å². The molecule has 0 saturated carbocycles. The maximum Gasteiger partial charge on any atom is 0.229 e. The van der Waals surface area contributed by atoms with E-state index in [0.717, 1.165) is 12.1 Å². The minimum absolute atomic E-state index is 0.0731. The highest BCUT2D eigenvalue weighted by Gasteiger charge is 2.29. The number of amides is 2. The third-order valence-corrected chi connectivity index (χ3v) is 6.60. The summed E-state index contributed by atoms with van der Waals surface area (Å²) in [7, 11) is -2.09. The normalized spacial score (nSPS) is 12.1. The lowest BCUT2D eigenvalue weighted by molar-refractivity contribution is -0.123. The van der Waals surface area contributed by atoms with Gasteiger partial charge >= 0.3 is 0 Å². The first kappa shape index (κ1) is 30.7. The third-order valence-electron chi connectivity index (χ3n) is 5.72. The Morgan fingerprint density at radius 2 is 1.45 bits per heavy atom. The summed E-state index contributed by atoms with van der Waals surface area (Å²) in [4.78, 5) is 38.3. The minimum Gasteiger partial charge on any atom is -0.453 e. The number of carbonyl (C=O) groups excluding carboxylic acids is 2. The molecule has 1 aromatic heterocycles. The SMILES string of the molecule is CC(C)(C)C(=O)Nc1ccc(-c2cc(=O)c3c(NC(=O)C(C)(C)C)c(F)c(C#C[Si](C)(C)C)c(F)c3o2)cc1F. The number of halogens is 3. The van der Waals surface area contributed by atoms with Crippen LogP contribution >= 0.6 is 0 Å². The van der Waals surface area contributed by atoms with Crippen LogP contribution in [0.3, 0.4) is 0 Å². The van der Waals surface area contributed by atoms with Gasteiger partial charge in [-0.2, -0.15) is 0 Å². The molecule has 2 N–H and O–H groups in total. The number of nitrogens with one attached hydrogen (secondary N) is 2. The summed E-state index contributed by atoms with van der Waals surface area (Å²) in [5, 5.41) is 4.39. The average molecular weight is 571 g/mol. The second-order valence-corrected chi connectivity index (χ2v) is 17.4. The van der Waals surface area contributed by atoms with Crippen LogP contribution in [0.2, 0.25) is 19.6 Å². The molecule has 0 saturated heterocycles. The second kappa shape index (κ2) is 10.6. The fourth-order valence-corrected chi connectivity index (χ4v) is 3.83. The fraction of sp³-hybridized carbons (Fsp3) is 0.367. The van der Waals surface area contributed by atoms with E-state index in [-0.39, 0.29) is 17.0 Å². The molecule has 0 aliphatic heterocycles. The molecule has 0 aliphatic rings. The van der Waals surface area contributed by atoms with Crippen LogP contribution < -0.4 is 16.1 Å². The van der Waals surface area contributed by atoms with Crippen molar-refractivity contribution in [3.05, 3.63) is 57.5 Å². The largest absolute Gasteiger partial charge is 0.453 e. The van der Waals surface area contributed by atoms with Crippen LogP contribution in [-0.4, -0.2) is 19.9 Å². The van der Waals surface area contributed by atoms with Crippen LogP contribution in [0.25, 0.3) is 22.3 Å². The van der Waals surface area contributed by atoms with Gasteiger partial charge in [0.1, 0.15) is 25.2 Å². The number of hydrogen-bond donors (Lipinski definition) is 2. The quantitative estimate of drug-likeness (QED) is 0.260. The second-order valence-electron chi connectivity index (χ2n) is 12.7. The van der Waals surface area contributed by atoms with Gasteiger partial charge in [-0.1, -0.05) is 67.1 Å². The predicted octanol–water partition coefficient (Wildman–Crippen LogP) is 7.08. The van der Waals surface area contributed by atoms with Crippen molar-refractivity contribution < 1.29 is 27.2 Å². The smallest absolute Gasteiger partial charge is 0.229 e. The van der Waals surface area contributed by atoms with Gasteiger partial charge in [0.25, 0.3) is 0 Å². The number of benzene rings is 2. The van der Waals surface area contributed by atoms with Gasteiger partial charge in [-0.3, -0.25) is 14.4 Å². The number of fused-ring (bicyclic) bond motifs is 1. The Balaban J connectivity index is 2.27. The van der Waals surface area contributed by atoms with E-state index in [2.05, 4.69) is 22.1 Å².